The van der Waals surface area contributed by atoms with E-state index < -0.39 is 0 Å². The molecule has 1 amide bonds. The predicted molar refractivity (Wildman–Crippen MR) is 123 cm³/mol. The summed E-state index contributed by atoms with van der Waals surface area (Å²) in [5.74, 6) is 1.12. The quantitative estimate of drug-likeness (QED) is 0.760. The molecule has 5 rings (SSSR count). The van der Waals surface area contributed by atoms with E-state index in [1.807, 2.05) is 6.07 Å². The lowest BCUT2D eigenvalue weighted by Crippen LogP contribution is -2.49. The van der Waals surface area contributed by atoms with Crippen LogP contribution in [0.3, 0.4) is 0 Å². The Labute approximate surface area is 188 Å². The Kier molecular flexibility index (Phi) is 5.95. The van der Waals surface area contributed by atoms with E-state index in [0.29, 0.717) is 17.7 Å². The van der Waals surface area contributed by atoms with Gasteiger partial charge in [0.2, 0.25) is 0 Å². The van der Waals surface area contributed by atoms with Crippen molar-refractivity contribution < 1.29 is 4.79 Å². The van der Waals surface area contributed by atoms with Gasteiger partial charge in [-0.2, -0.15) is 0 Å². The zero-order chi connectivity index (χ0) is 22.1. The first-order valence-corrected chi connectivity index (χ1v) is 11.9. The molecule has 0 spiro atoms. The van der Waals surface area contributed by atoms with Crippen LogP contribution in [0.1, 0.15) is 65.6 Å². The van der Waals surface area contributed by atoms with Crippen molar-refractivity contribution in [1.82, 2.24) is 25.2 Å². The lowest BCUT2D eigenvalue weighted by molar-refractivity contribution is 0.0958. The van der Waals surface area contributed by atoms with Crippen LogP contribution in [-0.4, -0.2) is 65.0 Å². The summed E-state index contributed by atoms with van der Waals surface area (Å²) < 4.78 is 0. The number of pyridine rings is 1. The molecule has 2 N–H and O–H groups in total. The minimum atomic E-state index is -0.160. The normalized spacial score (nSPS) is 23.7. The number of fused-ring (bicyclic) bond motifs is 1. The van der Waals surface area contributed by atoms with Crippen molar-refractivity contribution in [2.24, 2.45) is 0 Å². The van der Waals surface area contributed by atoms with Crippen LogP contribution in [0.5, 0.6) is 0 Å². The van der Waals surface area contributed by atoms with E-state index in [-0.39, 0.29) is 11.5 Å². The minimum Gasteiger partial charge on any atom is -0.368 e. The van der Waals surface area contributed by atoms with Gasteiger partial charge < -0.3 is 15.2 Å². The smallest absolute Gasteiger partial charge is 0.269 e. The predicted octanol–water partition coefficient (Wildman–Crippen LogP) is 1.86. The zero-order valence-electron chi connectivity index (χ0n) is 18.8. The van der Waals surface area contributed by atoms with E-state index >= 15 is 0 Å². The molecule has 1 aliphatic heterocycles. The molecule has 170 valence electrons. The van der Waals surface area contributed by atoms with E-state index in [0.717, 1.165) is 93.9 Å². The number of aryl methyl sites for hydroxylation is 1. The molecule has 0 aromatic carbocycles. The average molecular weight is 437 g/mol. The molecule has 0 bridgehead atoms. The highest BCUT2D eigenvalue weighted by Crippen LogP contribution is 2.36. The fourth-order valence-electron chi connectivity index (χ4n) is 5.53. The first kappa shape index (κ1) is 21.1. The van der Waals surface area contributed by atoms with Crippen LogP contribution in [0.2, 0.25) is 0 Å². The molecular formula is C24H32N6O2. The molecule has 8 heteroatoms. The third-order valence-electron chi connectivity index (χ3n) is 7.40. The fourth-order valence-corrected chi connectivity index (χ4v) is 5.53. The molecule has 0 radical (unpaired) electrons. The Balaban J connectivity index is 1.18. The number of nitrogens with zero attached hydrogens (tertiary/aromatic N) is 4. The van der Waals surface area contributed by atoms with Gasteiger partial charge in [0, 0.05) is 50.7 Å². The SMILES string of the molecule is CNC(=O)c1ccc(N2CCN(C3CCC(c4nc5c(c(=O)[nH]4)CCCC5)C3)CC2)cn1. The maximum atomic E-state index is 12.5. The van der Waals surface area contributed by atoms with Crippen LogP contribution >= 0.6 is 0 Å². The highest BCUT2D eigenvalue weighted by Gasteiger charge is 2.33. The molecule has 2 fully saturated rings. The third-order valence-corrected chi connectivity index (χ3v) is 7.40. The highest BCUT2D eigenvalue weighted by molar-refractivity contribution is 5.92. The number of amides is 1. The summed E-state index contributed by atoms with van der Waals surface area (Å²) in [5.41, 5.74) is 3.57. The van der Waals surface area contributed by atoms with Crippen molar-refractivity contribution in [1.29, 1.82) is 0 Å². The molecule has 8 nitrogen and oxygen atoms in total. The van der Waals surface area contributed by atoms with Crippen LogP contribution in [0.25, 0.3) is 0 Å². The van der Waals surface area contributed by atoms with E-state index in [9.17, 15) is 9.59 Å². The number of hydrogen-bond acceptors (Lipinski definition) is 6. The number of aromatic nitrogens is 3. The number of piperazine rings is 1. The Morgan fingerprint density at radius 2 is 1.94 bits per heavy atom. The first-order valence-electron chi connectivity index (χ1n) is 11.9. The summed E-state index contributed by atoms with van der Waals surface area (Å²) in [4.78, 5) is 41.5. The van der Waals surface area contributed by atoms with Crippen LogP contribution < -0.4 is 15.8 Å². The molecule has 2 atom stereocenters. The molecule has 3 aliphatic rings. The van der Waals surface area contributed by atoms with Gasteiger partial charge >= 0.3 is 0 Å². The lowest BCUT2D eigenvalue weighted by Gasteiger charge is -2.39. The Bertz CT molecular complexity index is 1030. The number of H-pyrrole nitrogens is 1. The standard InChI is InChI=1S/C24H32N6O2/c1-25-24(32)21-9-8-18(15-26-21)30-12-10-29(11-13-30)17-7-6-16(14-17)22-27-20-5-3-2-4-19(20)23(31)28-22/h8-9,15-17H,2-7,10-14H2,1H3,(H,25,32)(H,27,28,31). The van der Waals surface area contributed by atoms with Gasteiger partial charge in [0.05, 0.1) is 17.6 Å². The average Bonchev–Trinajstić information content (AvgIpc) is 3.34. The van der Waals surface area contributed by atoms with Gasteiger partial charge in [-0.3, -0.25) is 14.5 Å². The molecule has 1 saturated carbocycles. The van der Waals surface area contributed by atoms with Crippen LogP contribution in [-0.2, 0) is 12.8 Å². The number of hydrogen-bond donors (Lipinski definition) is 2. The van der Waals surface area contributed by atoms with Crippen molar-refractivity contribution in [3.8, 4) is 0 Å². The Hall–Kier alpha value is -2.74. The number of anilines is 1. The number of nitrogens with one attached hydrogen (secondary N) is 2. The number of carbonyl (C=O) groups excluding carboxylic acids is 1. The van der Waals surface area contributed by atoms with Gasteiger partial charge in [0.1, 0.15) is 11.5 Å². The molecule has 2 aliphatic carbocycles. The van der Waals surface area contributed by atoms with Gasteiger partial charge in [-0.05, 0) is 57.1 Å². The van der Waals surface area contributed by atoms with E-state index in [1.165, 1.54) is 0 Å². The summed E-state index contributed by atoms with van der Waals surface area (Å²) in [6.07, 6.45) is 9.19. The lowest BCUT2D eigenvalue weighted by atomic mass is 9.96. The van der Waals surface area contributed by atoms with Crippen molar-refractivity contribution in [2.75, 3.05) is 38.1 Å². The summed E-state index contributed by atoms with van der Waals surface area (Å²) in [6, 6.07) is 4.32. The second kappa shape index (κ2) is 9.02. The summed E-state index contributed by atoms with van der Waals surface area (Å²) >= 11 is 0. The van der Waals surface area contributed by atoms with E-state index in [2.05, 4.69) is 25.1 Å². The van der Waals surface area contributed by atoms with Gasteiger partial charge in [-0.25, -0.2) is 9.97 Å². The fraction of sp³-hybridized carbons (Fsp3) is 0.583. The molecule has 3 heterocycles. The van der Waals surface area contributed by atoms with Gasteiger partial charge in [0.25, 0.3) is 11.5 Å². The van der Waals surface area contributed by atoms with Crippen molar-refractivity contribution >= 4 is 11.6 Å². The number of rotatable bonds is 4. The summed E-state index contributed by atoms with van der Waals surface area (Å²) in [5, 5.41) is 2.60. The monoisotopic (exact) mass is 436 g/mol. The van der Waals surface area contributed by atoms with Crippen LogP contribution in [0.4, 0.5) is 5.69 Å². The molecular weight excluding hydrogens is 404 g/mol. The topological polar surface area (TPSA) is 94.2 Å². The van der Waals surface area contributed by atoms with Crippen molar-refractivity contribution in [3.05, 3.63) is 51.5 Å². The van der Waals surface area contributed by atoms with Crippen LogP contribution in [0.15, 0.2) is 23.1 Å². The molecule has 32 heavy (non-hydrogen) atoms. The molecule has 2 aromatic rings. The first-order chi connectivity index (χ1) is 15.6. The molecule has 1 saturated heterocycles. The van der Waals surface area contributed by atoms with E-state index in [4.69, 9.17) is 4.98 Å². The zero-order valence-corrected chi connectivity index (χ0v) is 18.8. The Morgan fingerprint density at radius 1 is 1.12 bits per heavy atom. The second-order valence-electron chi connectivity index (χ2n) is 9.25. The van der Waals surface area contributed by atoms with Gasteiger partial charge in [-0.1, -0.05) is 0 Å². The summed E-state index contributed by atoms with van der Waals surface area (Å²) in [6.45, 7) is 3.94. The second-order valence-corrected chi connectivity index (χ2v) is 9.25. The van der Waals surface area contributed by atoms with Gasteiger partial charge in [-0.15, -0.1) is 0 Å². The van der Waals surface area contributed by atoms with Crippen LogP contribution in [0, 0.1) is 0 Å². The maximum absolute atomic E-state index is 12.5. The highest BCUT2D eigenvalue weighted by atomic mass is 16.1. The van der Waals surface area contributed by atoms with Crippen molar-refractivity contribution in [3.63, 3.8) is 0 Å². The molecule has 2 aromatic heterocycles. The summed E-state index contributed by atoms with van der Waals surface area (Å²) in [7, 11) is 1.62. The largest absolute Gasteiger partial charge is 0.368 e. The molecule has 2 unspecified atom stereocenters. The number of aromatic amines is 1. The number of carbonyl (C=O) groups is 1. The Morgan fingerprint density at radius 3 is 2.69 bits per heavy atom. The minimum absolute atomic E-state index is 0.0952. The van der Waals surface area contributed by atoms with Gasteiger partial charge in [0.15, 0.2) is 0 Å². The maximum Gasteiger partial charge on any atom is 0.269 e. The van der Waals surface area contributed by atoms with Crippen molar-refractivity contribution in [2.45, 2.75) is 56.9 Å². The van der Waals surface area contributed by atoms with E-state index in [1.54, 1.807) is 19.3 Å². The third kappa shape index (κ3) is 4.16.